The maximum Gasteiger partial charge on any atom is 0.338 e. The van der Waals surface area contributed by atoms with Crippen molar-refractivity contribution >= 4 is 17.4 Å². The van der Waals surface area contributed by atoms with Crippen molar-refractivity contribution in [3.05, 3.63) is 91.8 Å². The minimum absolute atomic E-state index is 0.00804. The standard InChI is InChI=1S/C23H23N3O5/c1-14-5-10-20(15(2)11-14)21(27)13-31-23(28)19-8-6-18(7-9-19)12-25-17(4)22(26(29)30)16(3)24-25/h5-11H,12-13H2,1-4H3. The van der Waals surface area contributed by atoms with E-state index in [1.165, 1.54) is 0 Å². The van der Waals surface area contributed by atoms with E-state index in [9.17, 15) is 19.7 Å². The zero-order chi connectivity index (χ0) is 22.7. The Bertz CT molecular complexity index is 1160. The van der Waals surface area contributed by atoms with Gasteiger partial charge in [-0.25, -0.2) is 4.79 Å². The quantitative estimate of drug-likeness (QED) is 0.246. The SMILES string of the molecule is Cc1ccc(C(=O)COC(=O)c2ccc(Cn3nc(C)c([N+](=O)[O-])c3C)cc2)c(C)c1. The molecule has 0 aliphatic carbocycles. The van der Waals surface area contributed by atoms with Crippen molar-refractivity contribution in [2.75, 3.05) is 6.61 Å². The first-order chi connectivity index (χ1) is 14.7. The number of ether oxygens (including phenoxy) is 1. The normalized spacial score (nSPS) is 10.7. The number of aromatic nitrogens is 2. The summed E-state index contributed by atoms with van der Waals surface area (Å²) in [6, 6.07) is 12.1. The van der Waals surface area contributed by atoms with Crippen molar-refractivity contribution in [1.29, 1.82) is 0 Å². The molecule has 31 heavy (non-hydrogen) atoms. The number of benzene rings is 2. The minimum atomic E-state index is -0.591. The zero-order valence-electron chi connectivity index (χ0n) is 17.8. The molecule has 0 saturated carbocycles. The summed E-state index contributed by atoms with van der Waals surface area (Å²) in [5.74, 6) is -0.847. The van der Waals surface area contributed by atoms with Gasteiger partial charge < -0.3 is 4.74 Å². The van der Waals surface area contributed by atoms with Crippen LogP contribution >= 0.6 is 0 Å². The average molecular weight is 421 g/mol. The number of carbonyl (C=O) groups is 2. The Balaban J connectivity index is 1.63. The van der Waals surface area contributed by atoms with E-state index in [1.54, 1.807) is 48.9 Å². The fourth-order valence-electron chi connectivity index (χ4n) is 3.44. The van der Waals surface area contributed by atoms with Crippen LogP contribution in [0.4, 0.5) is 5.69 Å². The van der Waals surface area contributed by atoms with E-state index in [0.29, 0.717) is 29.1 Å². The largest absolute Gasteiger partial charge is 0.454 e. The minimum Gasteiger partial charge on any atom is -0.454 e. The summed E-state index contributed by atoms with van der Waals surface area (Å²) in [6.07, 6.45) is 0. The predicted octanol–water partition coefficient (Wildman–Crippen LogP) is 4.11. The highest BCUT2D eigenvalue weighted by molar-refractivity contribution is 6.00. The number of esters is 1. The molecule has 0 N–H and O–H groups in total. The number of nitrogens with zero attached hydrogens (tertiary/aromatic N) is 3. The number of ketones is 1. The molecule has 3 aromatic rings. The van der Waals surface area contributed by atoms with Crippen LogP contribution in [-0.2, 0) is 11.3 Å². The molecule has 0 amide bonds. The number of carbonyl (C=O) groups excluding carboxylic acids is 2. The van der Waals surface area contributed by atoms with Crippen LogP contribution < -0.4 is 0 Å². The number of rotatable bonds is 7. The third-order valence-corrected chi connectivity index (χ3v) is 5.06. The highest BCUT2D eigenvalue weighted by Gasteiger charge is 2.21. The van der Waals surface area contributed by atoms with Gasteiger partial charge in [0.05, 0.1) is 17.0 Å². The second-order valence-electron chi connectivity index (χ2n) is 7.45. The van der Waals surface area contributed by atoms with Gasteiger partial charge in [0.2, 0.25) is 5.78 Å². The fourth-order valence-corrected chi connectivity index (χ4v) is 3.44. The number of nitro groups is 1. The molecule has 2 aromatic carbocycles. The molecule has 1 aromatic heterocycles. The van der Waals surface area contributed by atoms with Gasteiger partial charge in [-0.1, -0.05) is 35.9 Å². The Kier molecular flexibility index (Phi) is 6.29. The Labute approximate surface area is 179 Å². The first kappa shape index (κ1) is 21.9. The van der Waals surface area contributed by atoms with E-state index >= 15 is 0 Å². The van der Waals surface area contributed by atoms with Crippen molar-refractivity contribution in [1.82, 2.24) is 9.78 Å². The summed E-state index contributed by atoms with van der Waals surface area (Å²) in [4.78, 5) is 35.3. The second-order valence-corrected chi connectivity index (χ2v) is 7.45. The lowest BCUT2D eigenvalue weighted by Gasteiger charge is -2.08. The van der Waals surface area contributed by atoms with Gasteiger partial charge in [-0.3, -0.25) is 19.6 Å². The summed E-state index contributed by atoms with van der Waals surface area (Å²) in [7, 11) is 0. The van der Waals surface area contributed by atoms with E-state index in [4.69, 9.17) is 4.74 Å². The molecular formula is C23H23N3O5. The Hall–Kier alpha value is -3.81. The van der Waals surface area contributed by atoms with Crippen LogP contribution in [0.5, 0.6) is 0 Å². The number of aryl methyl sites for hydroxylation is 3. The van der Waals surface area contributed by atoms with Gasteiger partial charge in [0.15, 0.2) is 6.61 Å². The lowest BCUT2D eigenvalue weighted by molar-refractivity contribution is -0.386. The van der Waals surface area contributed by atoms with Gasteiger partial charge in [-0.05, 0) is 51.0 Å². The molecule has 8 nitrogen and oxygen atoms in total. The van der Waals surface area contributed by atoms with E-state index < -0.39 is 10.9 Å². The van der Waals surface area contributed by atoms with Crippen LogP contribution in [0.2, 0.25) is 0 Å². The van der Waals surface area contributed by atoms with Crippen LogP contribution in [0.25, 0.3) is 0 Å². The van der Waals surface area contributed by atoms with Crippen LogP contribution in [0.1, 0.15) is 48.8 Å². The van der Waals surface area contributed by atoms with Crippen molar-refractivity contribution < 1.29 is 19.2 Å². The molecule has 160 valence electrons. The summed E-state index contributed by atoms with van der Waals surface area (Å²) >= 11 is 0. The maximum atomic E-state index is 12.3. The van der Waals surface area contributed by atoms with E-state index in [1.807, 2.05) is 26.0 Å². The Morgan fingerprint density at radius 3 is 2.32 bits per heavy atom. The lowest BCUT2D eigenvalue weighted by Crippen LogP contribution is -2.15. The van der Waals surface area contributed by atoms with E-state index in [0.717, 1.165) is 16.7 Å². The molecule has 8 heteroatoms. The number of Topliss-reactive ketones (excluding diaryl/α,β-unsaturated/α-hetero) is 1. The average Bonchev–Trinajstić information content (AvgIpc) is 2.99. The summed E-state index contributed by atoms with van der Waals surface area (Å²) in [6.45, 7) is 7.04. The molecule has 0 fully saturated rings. The molecular weight excluding hydrogens is 398 g/mol. The Morgan fingerprint density at radius 2 is 1.74 bits per heavy atom. The number of hydrogen-bond acceptors (Lipinski definition) is 6. The molecule has 0 radical (unpaired) electrons. The monoisotopic (exact) mass is 421 g/mol. The molecule has 0 spiro atoms. The van der Waals surface area contributed by atoms with Crippen molar-refractivity contribution in [2.24, 2.45) is 0 Å². The van der Waals surface area contributed by atoms with Gasteiger partial charge in [-0.2, -0.15) is 5.10 Å². The van der Waals surface area contributed by atoms with Gasteiger partial charge in [-0.15, -0.1) is 0 Å². The second kappa shape index (κ2) is 8.91. The summed E-state index contributed by atoms with van der Waals surface area (Å²) < 4.78 is 6.73. The third kappa shape index (κ3) is 4.85. The molecule has 1 heterocycles. The van der Waals surface area contributed by atoms with Crippen LogP contribution in [0, 0.1) is 37.8 Å². The topological polar surface area (TPSA) is 104 Å². The molecule has 0 aliphatic rings. The van der Waals surface area contributed by atoms with Crippen LogP contribution in [0.3, 0.4) is 0 Å². The third-order valence-electron chi connectivity index (χ3n) is 5.06. The van der Waals surface area contributed by atoms with E-state index in [-0.39, 0.29) is 18.1 Å². The predicted molar refractivity (Wildman–Crippen MR) is 114 cm³/mol. The highest BCUT2D eigenvalue weighted by Crippen LogP contribution is 2.22. The molecule has 0 bridgehead atoms. The summed E-state index contributed by atoms with van der Waals surface area (Å²) in [5, 5.41) is 15.4. The van der Waals surface area contributed by atoms with E-state index in [2.05, 4.69) is 5.10 Å². The van der Waals surface area contributed by atoms with Crippen LogP contribution in [-0.4, -0.2) is 33.1 Å². The molecule has 0 saturated heterocycles. The van der Waals surface area contributed by atoms with Crippen LogP contribution in [0.15, 0.2) is 42.5 Å². The number of hydrogen-bond donors (Lipinski definition) is 0. The van der Waals surface area contributed by atoms with Gasteiger partial charge in [0.1, 0.15) is 11.4 Å². The first-order valence-corrected chi connectivity index (χ1v) is 9.72. The van der Waals surface area contributed by atoms with Crippen molar-refractivity contribution in [3.8, 4) is 0 Å². The van der Waals surface area contributed by atoms with Gasteiger partial charge in [0, 0.05) is 5.56 Å². The summed E-state index contributed by atoms with van der Waals surface area (Å²) in [5.41, 5.74) is 4.41. The highest BCUT2D eigenvalue weighted by atomic mass is 16.6. The van der Waals surface area contributed by atoms with Crippen molar-refractivity contribution in [3.63, 3.8) is 0 Å². The zero-order valence-corrected chi connectivity index (χ0v) is 17.8. The molecule has 3 rings (SSSR count). The van der Waals surface area contributed by atoms with Gasteiger partial charge in [0.25, 0.3) is 0 Å². The van der Waals surface area contributed by atoms with Crippen molar-refractivity contribution in [2.45, 2.75) is 34.2 Å². The molecule has 0 aliphatic heterocycles. The smallest absolute Gasteiger partial charge is 0.338 e. The fraction of sp³-hybridized carbons (Fsp3) is 0.261. The Morgan fingerprint density at radius 1 is 1.06 bits per heavy atom. The molecule has 0 unspecified atom stereocenters. The lowest BCUT2D eigenvalue weighted by atomic mass is 10.0. The van der Waals surface area contributed by atoms with Gasteiger partial charge >= 0.3 is 11.7 Å². The maximum absolute atomic E-state index is 12.3. The molecule has 0 atom stereocenters. The first-order valence-electron chi connectivity index (χ1n) is 9.72.